The summed E-state index contributed by atoms with van der Waals surface area (Å²) in [4.78, 5) is 16.6. The Morgan fingerprint density at radius 1 is 0.955 bits per heavy atom. The number of nitrogens with zero attached hydrogens (tertiary/aromatic N) is 1. The highest BCUT2D eigenvalue weighted by Crippen LogP contribution is 2.23. The van der Waals surface area contributed by atoms with Crippen molar-refractivity contribution in [3.63, 3.8) is 0 Å². The number of quaternary nitrogens is 1. The van der Waals surface area contributed by atoms with Crippen LogP contribution in [0.4, 0.5) is 0 Å². The zero-order valence-electron chi connectivity index (χ0n) is 14.5. The van der Waals surface area contributed by atoms with E-state index in [4.69, 9.17) is 0 Å². The maximum Gasteiger partial charge on any atom is 0.226 e. The minimum Gasteiger partial charge on any atom is -0.342 e. The van der Waals surface area contributed by atoms with Crippen LogP contribution in [0, 0.1) is 17.8 Å². The molecule has 3 heteroatoms. The molecule has 0 radical (unpaired) electrons. The fourth-order valence-corrected chi connectivity index (χ4v) is 4.76. The second kappa shape index (κ2) is 7.81. The molecule has 3 nitrogen and oxygen atoms in total. The van der Waals surface area contributed by atoms with Crippen molar-refractivity contribution in [2.24, 2.45) is 17.8 Å². The van der Waals surface area contributed by atoms with Crippen LogP contribution in [0.2, 0.25) is 0 Å². The van der Waals surface area contributed by atoms with Crippen LogP contribution >= 0.6 is 0 Å². The lowest BCUT2D eigenvalue weighted by atomic mass is 9.87. The number of hydrogen-bond donors (Lipinski definition) is 1. The highest BCUT2D eigenvalue weighted by Gasteiger charge is 2.32. The highest BCUT2D eigenvalue weighted by molar-refractivity contribution is 5.79. The molecule has 1 aliphatic carbocycles. The van der Waals surface area contributed by atoms with Gasteiger partial charge in [0.05, 0.1) is 19.6 Å². The SMILES string of the molecule is CC1CCN(C(=O)C2CC[NH+](CC3CCCCC3)CC2)CC1. The van der Waals surface area contributed by atoms with Gasteiger partial charge in [-0.3, -0.25) is 4.79 Å². The summed E-state index contributed by atoms with van der Waals surface area (Å²) in [7, 11) is 0. The summed E-state index contributed by atoms with van der Waals surface area (Å²) in [5.41, 5.74) is 0. The Kier molecular flexibility index (Phi) is 5.78. The number of rotatable bonds is 3. The highest BCUT2D eigenvalue weighted by atomic mass is 16.2. The first kappa shape index (κ1) is 16.3. The first-order valence-electron chi connectivity index (χ1n) is 9.84. The Bertz CT molecular complexity index is 348. The second-order valence-electron chi connectivity index (χ2n) is 8.24. The van der Waals surface area contributed by atoms with Gasteiger partial charge in [0.25, 0.3) is 0 Å². The van der Waals surface area contributed by atoms with Gasteiger partial charge < -0.3 is 9.80 Å². The van der Waals surface area contributed by atoms with Gasteiger partial charge in [-0.25, -0.2) is 0 Å². The van der Waals surface area contributed by atoms with Crippen molar-refractivity contribution in [1.82, 2.24) is 4.90 Å². The van der Waals surface area contributed by atoms with Crippen molar-refractivity contribution < 1.29 is 9.69 Å². The molecule has 2 saturated heterocycles. The maximum atomic E-state index is 12.7. The van der Waals surface area contributed by atoms with Crippen LogP contribution in [0.3, 0.4) is 0 Å². The smallest absolute Gasteiger partial charge is 0.226 e. The molecule has 0 atom stereocenters. The number of amides is 1. The summed E-state index contributed by atoms with van der Waals surface area (Å²) in [5, 5.41) is 0. The average Bonchev–Trinajstić information content (AvgIpc) is 2.57. The molecule has 0 unspecified atom stereocenters. The van der Waals surface area contributed by atoms with Gasteiger partial charge in [0, 0.05) is 37.8 Å². The maximum absolute atomic E-state index is 12.7. The van der Waals surface area contributed by atoms with E-state index in [1.807, 2.05) is 0 Å². The van der Waals surface area contributed by atoms with Crippen LogP contribution in [0.25, 0.3) is 0 Å². The van der Waals surface area contributed by atoms with Gasteiger partial charge in [-0.2, -0.15) is 0 Å². The Balaban J connectivity index is 1.40. The fraction of sp³-hybridized carbons (Fsp3) is 0.947. The molecule has 22 heavy (non-hydrogen) atoms. The molecule has 0 spiro atoms. The number of carbonyl (C=O) groups is 1. The van der Waals surface area contributed by atoms with Gasteiger partial charge >= 0.3 is 0 Å². The average molecular weight is 308 g/mol. The van der Waals surface area contributed by atoms with Gasteiger partial charge in [0.1, 0.15) is 0 Å². The lowest BCUT2D eigenvalue weighted by Gasteiger charge is -2.36. The van der Waals surface area contributed by atoms with Crippen LogP contribution in [0.1, 0.15) is 64.7 Å². The van der Waals surface area contributed by atoms with Crippen molar-refractivity contribution in [2.45, 2.75) is 64.7 Å². The number of piperidine rings is 2. The van der Waals surface area contributed by atoms with Crippen LogP contribution in [0.15, 0.2) is 0 Å². The Hall–Kier alpha value is -0.570. The quantitative estimate of drug-likeness (QED) is 0.849. The minimum atomic E-state index is 0.337. The first-order valence-corrected chi connectivity index (χ1v) is 9.84. The van der Waals surface area contributed by atoms with Crippen molar-refractivity contribution in [3.8, 4) is 0 Å². The van der Waals surface area contributed by atoms with E-state index in [-0.39, 0.29) is 0 Å². The van der Waals surface area contributed by atoms with Crippen LogP contribution < -0.4 is 4.90 Å². The molecule has 126 valence electrons. The van der Waals surface area contributed by atoms with E-state index < -0.39 is 0 Å². The summed E-state index contributed by atoms with van der Waals surface area (Å²) in [5.74, 6) is 2.59. The summed E-state index contributed by atoms with van der Waals surface area (Å²) in [6.45, 7) is 8.18. The third kappa shape index (κ3) is 4.24. The molecule has 0 aromatic rings. The minimum absolute atomic E-state index is 0.337. The summed E-state index contributed by atoms with van der Waals surface area (Å²) in [6, 6.07) is 0. The number of likely N-dealkylation sites (tertiary alicyclic amines) is 2. The van der Waals surface area contributed by atoms with Gasteiger partial charge in [-0.1, -0.05) is 26.2 Å². The molecule has 1 saturated carbocycles. The zero-order valence-corrected chi connectivity index (χ0v) is 14.5. The summed E-state index contributed by atoms with van der Waals surface area (Å²) in [6.07, 6.45) is 11.9. The van der Waals surface area contributed by atoms with Crippen LogP contribution in [-0.4, -0.2) is 43.5 Å². The fourth-order valence-electron chi connectivity index (χ4n) is 4.76. The normalized spacial score (nSPS) is 32.1. The first-order chi connectivity index (χ1) is 10.7. The van der Waals surface area contributed by atoms with E-state index in [1.54, 1.807) is 4.90 Å². The molecule has 1 amide bonds. The predicted molar refractivity (Wildman–Crippen MR) is 89.8 cm³/mol. The molecule has 0 aromatic carbocycles. The summed E-state index contributed by atoms with van der Waals surface area (Å²) < 4.78 is 0. The van der Waals surface area contributed by atoms with E-state index in [0.717, 1.165) is 37.8 Å². The van der Waals surface area contributed by atoms with Crippen LogP contribution in [0.5, 0.6) is 0 Å². The standard InChI is InChI=1S/C19H34N2O/c1-16-7-13-21(14-8-16)19(22)18-9-11-20(12-10-18)15-17-5-3-2-4-6-17/h16-18H,2-15H2,1H3/p+1. The van der Waals surface area contributed by atoms with Gasteiger partial charge in [0.15, 0.2) is 0 Å². The lowest BCUT2D eigenvalue weighted by Crippen LogP contribution is -3.13. The Labute approximate surface area is 136 Å². The Morgan fingerprint density at radius 3 is 2.23 bits per heavy atom. The third-order valence-electron chi connectivity index (χ3n) is 6.44. The topological polar surface area (TPSA) is 24.8 Å². The third-order valence-corrected chi connectivity index (χ3v) is 6.44. The second-order valence-corrected chi connectivity index (χ2v) is 8.24. The van der Waals surface area contributed by atoms with E-state index in [2.05, 4.69) is 11.8 Å². The lowest BCUT2D eigenvalue weighted by molar-refractivity contribution is -0.909. The van der Waals surface area contributed by atoms with Crippen molar-refractivity contribution in [3.05, 3.63) is 0 Å². The molecule has 0 bridgehead atoms. The largest absolute Gasteiger partial charge is 0.342 e. The molecular formula is C19H35N2O+. The van der Waals surface area contributed by atoms with Gasteiger partial charge in [-0.15, -0.1) is 0 Å². The van der Waals surface area contributed by atoms with Gasteiger partial charge in [-0.05, 0) is 31.6 Å². The van der Waals surface area contributed by atoms with Crippen molar-refractivity contribution in [1.29, 1.82) is 0 Å². The van der Waals surface area contributed by atoms with E-state index in [0.29, 0.717) is 11.8 Å². The molecule has 3 rings (SSSR count). The zero-order chi connectivity index (χ0) is 15.4. The molecule has 3 aliphatic rings. The predicted octanol–water partition coefficient (Wildman–Crippen LogP) is 2.12. The number of carbonyl (C=O) groups excluding carboxylic acids is 1. The van der Waals surface area contributed by atoms with E-state index >= 15 is 0 Å². The monoisotopic (exact) mass is 307 g/mol. The van der Waals surface area contributed by atoms with E-state index in [1.165, 1.54) is 64.6 Å². The molecule has 2 aliphatic heterocycles. The molecule has 1 N–H and O–H groups in total. The van der Waals surface area contributed by atoms with Crippen molar-refractivity contribution >= 4 is 5.91 Å². The van der Waals surface area contributed by atoms with Gasteiger partial charge in [0.2, 0.25) is 5.91 Å². The number of nitrogens with one attached hydrogen (secondary N) is 1. The molecule has 2 heterocycles. The molecular weight excluding hydrogens is 272 g/mol. The number of hydrogen-bond acceptors (Lipinski definition) is 1. The molecule has 3 fully saturated rings. The van der Waals surface area contributed by atoms with Crippen LogP contribution in [-0.2, 0) is 4.79 Å². The molecule has 0 aromatic heterocycles. The van der Waals surface area contributed by atoms with Crippen molar-refractivity contribution in [2.75, 3.05) is 32.7 Å². The Morgan fingerprint density at radius 2 is 1.59 bits per heavy atom. The van der Waals surface area contributed by atoms with E-state index in [9.17, 15) is 4.79 Å². The summed E-state index contributed by atoms with van der Waals surface area (Å²) >= 11 is 0.